The van der Waals surface area contributed by atoms with E-state index in [0.29, 0.717) is 5.02 Å². The number of rotatable bonds is 6. The topological polar surface area (TPSA) is 75.6 Å². The first-order chi connectivity index (χ1) is 12.0. The highest BCUT2D eigenvalue weighted by Gasteiger charge is 2.12. The van der Waals surface area contributed by atoms with Crippen molar-refractivity contribution in [2.75, 3.05) is 5.32 Å². The Kier molecular flexibility index (Phi) is 5.08. The molecule has 7 heteroatoms. The van der Waals surface area contributed by atoms with Gasteiger partial charge in [-0.15, -0.1) is 0 Å². The molecule has 2 aromatic heterocycles. The number of nitrogens with one attached hydrogen (secondary N) is 2. The van der Waals surface area contributed by atoms with Gasteiger partial charge in [-0.25, -0.2) is 4.98 Å². The van der Waals surface area contributed by atoms with Crippen molar-refractivity contribution in [2.45, 2.75) is 46.6 Å². The molecule has 0 unspecified atom stereocenters. The Hall–Kier alpha value is -2.34. The SMILES string of the molecule is CCCCc1nc2ccc(NC(=O)Cn3nc(C)c(Cl)c3C)cc2[nH]1. The van der Waals surface area contributed by atoms with Gasteiger partial charge in [0.25, 0.3) is 0 Å². The van der Waals surface area contributed by atoms with E-state index < -0.39 is 0 Å². The summed E-state index contributed by atoms with van der Waals surface area (Å²) in [5, 5.41) is 7.78. The number of H-pyrrole nitrogens is 1. The number of anilines is 1. The predicted octanol–water partition coefficient (Wildman–Crippen LogP) is 4.01. The fourth-order valence-electron chi connectivity index (χ4n) is 2.77. The van der Waals surface area contributed by atoms with E-state index in [-0.39, 0.29) is 12.5 Å². The van der Waals surface area contributed by atoms with Crippen LogP contribution in [0.15, 0.2) is 18.2 Å². The van der Waals surface area contributed by atoms with E-state index in [1.54, 1.807) is 4.68 Å². The third-order valence-electron chi connectivity index (χ3n) is 4.17. The molecule has 2 N–H and O–H groups in total. The van der Waals surface area contributed by atoms with Gasteiger partial charge in [0, 0.05) is 12.1 Å². The van der Waals surface area contributed by atoms with E-state index in [1.165, 1.54) is 0 Å². The maximum absolute atomic E-state index is 12.3. The van der Waals surface area contributed by atoms with Crippen LogP contribution in [-0.4, -0.2) is 25.7 Å². The zero-order valence-electron chi connectivity index (χ0n) is 14.7. The Bertz CT molecular complexity index is 912. The Balaban J connectivity index is 1.71. The van der Waals surface area contributed by atoms with Gasteiger partial charge in [0.1, 0.15) is 12.4 Å². The molecule has 0 radical (unpaired) electrons. The molecule has 0 aliphatic heterocycles. The molecule has 1 amide bonds. The quantitative estimate of drug-likeness (QED) is 0.698. The number of aromatic amines is 1. The molecule has 3 aromatic rings. The highest BCUT2D eigenvalue weighted by Crippen LogP contribution is 2.20. The van der Waals surface area contributed by atoms with Crippen LogP contribution in [0.1, 0.15) is 37.0 Å². The van der Waals surface area contributed by atoms with Gasteiger partial charge >= 0.3 is 0 Å². The molecular weight excluding hydrogens is 338 g/mol. The monoisotopic (exact) mass is 359 g/mol. The highest BCUT2D eigenvalue weighted by atomic mass is 35.5. The summed E-state index contributed by atoms with van der Waals surface area (Å²) in [6.07, 6.45) is 3.18. The number of fused-ring (bicyclic) bond motifs is 1. The van der Waals surface area contributed by atoms with Crippen LogP contribution in [0.3, 0.4) is 0 Å². The van der Waals surface area contributed by atoms with E-state index in [4.69, 9.17) is 11.6 Å². The summed E-state index contributed by atoms with van der Waals surface area (Å²) in [4.78, 5) is 20.2. The molecule has 6 nitrogen and oxygen atoms in total. The zero-order chi connectivity index (χ0) is 18.0. The molecule has 1 aromatic carbocycles. The van der Waals surface area contributed by atoms with Crippen molar-refractivity contribution in [3.05, 3.63) is 40.4 Å². The summed E-state index contributed by atoms with van der Waals surface area (Å²) in [7, 11) is 0. The summed E-state index contributed by atoms with van der Waals surface area (Å²) < 4.78 is 1.62. The van der Waals surface area contributed by atoms with E-state index in [1.807, 2.05) is 32.0 Å². The minimum Gasteiger partial charge on any atom is -0.342 e. The van der Waals surface area contributed by atoms with Gasteiger partial charge in [0.05, 0.1) is 27.4 Å². The number of aryl methyl sites for hydroxylation is 2. The van der Waals surface area contributed by atoms with Crippen LogP contribution < -0.4 is 5.32 Å². The number of carbonyl (C=O) groups is 1. The molecule has 25 heavy (non-hydrogen) atoms. The lowest BCUT2D eigenvalue weighted by Gasteiger charge is -2.07. The number of nitrogens with zero attached hydrogens (tertiary/aromatic N) is 3. The number of amides is 1. The number of carbonyl (C=O) groups excluding carboxylic acids is 1. The molecule has 0 saturated heterocycles. The van der Waals surface area contributed by atoms with Crippen LogP contribution in [0.5, 0.6) is 0 Å². The molecule has 0 bridgehead atoms. The Morgan fingerprint density at radius 1 is 1.36 bits per heavy atom. The van der Waals surface area contributed by atoms with Crippen molar-refractivity contribution < 1.29 is 4.79 Å². The number of aromatic nitrogens is 4. The normalized spacial score (nSPS) is 11.2. The van der Waals surface area contributed by atoms with Crippen LogP contribution in [0.2, 0.25) is 5.02 Å². The summed E-state index contributed by atoms with van der Waals surface area (Å²) in [5.41, 5.74) is 4.09. The first kappa shape index (κ1) is 17.5. The van der Waals surface area contributed by atoms with Gasteiger partial charge in [0.2, 0.25) is 5.91 Å². The first-order valence-corrected chi connectivity index (χ1v) is 8.83. The number of benzene rings is 1. The zero-order valence-corrected chi connectivity index (χ0v) is 15.4. The smallest absolute Gasteiger partial charge is 0.246 e. The lowest BCUT2D eigenvalue weighted by molar-refractivity contribution is -0.116. The van der Waals surface area contributed by atoms with Crippen molar-refractivity contribution in [3.8, 4) is 0 Å². The standard InChI is InChI=1S/C18H22ClN5O/c1-4-5-6-16-21-14-8-7-13(9-15(14)22-16)20-17(25)10-24-12(3)18(19)11(2)23-24/h7-9H,4-6,10H2,1-3H3,(H,20,25)(H,21,22). The van der Waals surface area contributed by atoms with Crippen molar-refractivity contribution in [3.63, 3.8) is 0 Å². The largest absolute Gasteiger partial charge is 0.342 e. The van der Waals surface area contributed by atoms with Crippen LogP contribution >= 0.6 is 11.6 Å². The molecule has 3 rings (SSSR count). The van der Waals surface area contributed by atoms with Crippen LogP contribution in [0.4, 0.5) is 5.69 Å². The Labute approximate surface area is 151 Å². The van der Waals surface area contributed by atoms with E-state index in [2.05, 4.69) is 27.3 Å². The maximum Gasteiger partial charge on any atom is 0.246 e. The molecule has 0 aliphatic carbocycles. The lowest BCUT2D eigenvalue weighted by atomic mass is 10.2. The van der Waals surface area contributed by atoms with E-state index in [0.717, 1.165) is 53.2 Å². The Morgan fingerprint density at radius 2 is 2.16 bits per heavy atom. The fourth-order valence-corrected chi connectivity index (χ4v) is 2.90. The summed E-state index contributed by atoms with van der Waals surface area (Å²) in [6, 6.07) is 5.68. The van der Waals surface area contributed by atoms with Crippen LogP contribution in [-0.2, 0) is 17.8 Å². The number of halogens is 1. The summed E-state index contributed by atoms with van der Waals surface area (Å²) in [6.45, 7) is 5.96. The second-order valence-electron chi connectivity index (χ2n) is 6.21. The number of unbranched alkanes of at least 4 members (excludes halogenated alkanes) is 1. The van der Waals surface area contributed by atoms with Gasteiger partial charge in [-0.3, -0.25) is 9.48 Å². The molecular formula is C18H22ClN5O. The average molecular weight is 360 g/mol. The predicted molar refractivity (Wildman–Crippen MR) is 100 cm³/mol. The summed E-state index contributed by atoms with van der Waals surface area (Å²) in [5.74, 6) is 0.838. The third-order valence-corrected chi connectivity index (χ3v) is 4.72. The molecule has 2 heterocycles. The molecule has 0 atom stereocenters. The molecule has 0 saturated carbocycles. The van der Waals surface area contributed by atoms with Gasteiger partial charge in [-0.2, -0.15) is 5.10 Å². The van der Waals surface area contributed by atoms with Gasteiger partial charge < -0.3 is 10.3 Å². The number of hydrogen-bond donors (Lipinski definition) is 2. The second kappa shape index (κ2) is 7.27. The average Bonchev–Trinajstić information content (AvgIpc) is 3.09. The van der Waals surface area contributed by atoms with Crippen molar-refractivity contribution in [2.24, 2.45) is 0 Å². The van der Waals surface area contributed by atoms with E-state index >= 15 is 0 Å². The van der Waals surface area contributed by atoms with E-state index in [9.17, 15) is 4.79 Å². The van der Waals surface area contributed by atoms with Gasteiger partial charge in [-0.1, -0.05) is 24.9 Å². The minimum atomic E-state index is -0.146. The molecule has 132 valence electrons. The van der Waals surface area contributed by atoms with Crippen LogP contribution in [0.25, 0.3) is 11.0 Å². The number of hydrogen-bond acceptors (Lipinski definition) is 3. The molecule has 0 aliphatic rings. The maximum atomic E-state index is 12.3. The van der Waals surface area contributed by atoms with Gasteiger partial charge in [0.15, 0.2) is 0 Å². The van der Waals surface area contributed by atoms with Crippen molar-refractivity contribution >= 4 is 34.2 Å². The lowest BCUT2D eigenvalue weighted by Crippen LogP contribution is -2.20. The van der Waals surface area contributed by atoms with Gasteiger partial charge in [-0.05, 0) is 38.5 Å². The molecule has 0 fully saturated rings. The third kappa shape index (κ3) is 3.85. The van der Waals surface area contributed by atoms with Crippen molar-refractivity contribution in [1.82, 2.24) is 19.7 Å². The highest BCUT2D eigenvalue weighted by molar-refractivity contribution is 6.31. The molecule has 0 spiro atoms. The minimum absolute atomic E-state index is 0.127. The van der Waals surface area contributed by atoms with Crippen molar-refractivity contribution in [1.29, 1.82) is 0 Å². The first-order valence-electron chi connectivity index (χ1n) is 8.46. The van der Waals surface area contributed by atoms with Crippen LogP contribution in [0, 0.1) is 13.8 Å². The number of imidazole rings is 1. The summed E-state index contributed by atoms with van der Waals surface area (Å²) >= 11 is 6.12. The fraction of sp³-hybridized carbons (Fsp3) is 0.389. The Morgan fingerprint density at radius 3 is 2.84 bits per heavy atom. The second-order valence-corrected chi connectivity index (χ2v) is 6.59.